The van der Waals surface area contributed by atoms with Crippen LogP contribution in [0.2, 0.25) is 5.02 Å². The third-order valence-electron chi connectivity index (χ3n) is 4.21. The number of aliphatic imine (C=N–C) groups is 2. The Morgan fingerprint density at radius 1 is 1.40 bits per heavy atom. The largest absolute Gasteiger partial charge is 0.381 e. The lowest BCUT2D eigenvalue weighted by atomic mass is 9.82. The van der Waals surface area contributed by atoms with Crippen LogP contribution in [0.1, 0.15) is 24.8 Å². The molecule has 0 aliphatic carbocycles. The summed E-state index contributed by atoms with van der Waals surface area (Å²) in [5.74, 6) is 0.244. The van der Waals surface area contributed by atoms with Crippen LogP contribution in [-0.2, 0) is 4.74 Å². The van der Waals surface area contributed by atoms with Crippen molar-refractivity contribution >= 4 is 23.7 Å². The van der Waals surface area contributed by atoms with E-state index in [2.05, 4.69) is 26.4 Å². The molecule has 0 aromatic carbocycles. The standard InChI is InChI=1S/C17H17ClFN5O/c18-13-9-22-14(19)8-12(13)16-21-5-1-2-15(24-16)23-11-17(10-20)3-6-25-7-4-17/h2,5,8-9,23H,1,3-4,6-7,11H2. The summed E-state index contributed by atoms with van der Waals surface area (Å²) in [5, 5.41) is 13.0. The fraction of sp³-hybridized carbons (Fsp3) is 0.412. The molecule has 0 amide bonds. The zero-order valence-electron chi connectivity index (χ0n) is 13.5. The highest BCUT2D eigenvalue weighted by atomic mass is 35.5. The predicted molar refractivity (Wildman–Crippen MR) is 93.0 cm³/mol. The number of nitrogens with one attached hydrogen (secondary N) is 1. The van der Waals surface area contributed by atoms with Crippen molar-refractivity contribution in [3.8, 4) is 6.07 Å². The summed E-state index contributed by atoms with van der Waals surface area (Å²) < 4.78 is 18.8. The van der Waals surface area contributed by atoms with Crippen molar-refractivity contribution in [2.24, 2.45) is 15.4 Å². The molecular formula is C17H17ClFN5O. The van der Waals surface area contributed by atoms with E-state index in [0.717, 1.165) is 0 Å². The lowest BCUT2D eigenvalue weighted by molar-refractivity contribution is 0.0414. The molecule has 2 aliphatic rings. The number of amidine groups is 1. The average molecular weight is 362 g/mol. The zero-order valence-corrected chi connectivity index (χ0v) is 14.3. The topological polar surface area (TPSA) is 82.7 Å². The summed E-state index contributed by atoms with van der Waals surface area (Å²) in [6.07, 6.45) is 6.71. The maximum Gasteiger partial charge on any atom is 0.213 e. The summed E-state index contributed by atoms with van der Waals surface area (Å²) in [6, 6.07) is 3.61. The summed E-state index contributed by atoms with van der Waals surface area (Å²) >= 11 is 6.09. The number of hydrogen-bond donors (Lipinski definition) is 1. The van der Waals surface area contributed by atoms with Gasteiger partial charge in [-0.3, -0.25) is 0 Å². The van der Waals surface area contributed by atoms with Gasteiger partial charge in [-0.05, 0) is 18.9 Å². The van der Waals surface area contributed by atoms with E-state index in [1.807, 2.05) is 6.08 Å². The molecule has 3 heterocycles. The molecule has 8 heteroatoms. The highest BCUT2D eigenvalue weighted by molar-refractivity contribution is 6.34. The Bertz CT molecular complexity index is 778. The first-order chi connectivity index (χ1) is 12.1. The molecule has 0 radical (unpaired) electrons. The van der Waals surface area contributed by atoms with Gasteiger partial charge in [0.05, 0.1) is 16.5 Å². The minimum atomic E-state index is -0.648. The third-order valence-corrected chi connectivity index (χ3v) is 4.52. The van der Waals surface area contributed by atoms with Crippen LogP contribution in [0.15, 0.2) is 34.1 Å². The quantitative estimate of drug-likeness (QED) is 0.836. The summed E-state index contributed by atoms with van der Waals surface area (Å²) in [6.45, 7) is 1.63. The molecule has 130 valence electrons. The van der Waals surface area contributed by atoms with E-state index in [4.69, 9.17) is 16.3 Å². The maximum absolute atomic E-state index is 13.4. The van der Waals surface area contributed by atoms with E-state index in [1.165, 1.54) is 12.3 Å². The lowest BCUT2D eigenvalue weighted by Crippen LogP contribution is -2.37. The van der Waals surface area contributed by atoms with Crippen molar-refractivity contribution in [2.75, 3.05) is 19.8 Å². The highest BCUT2D eigenvalue weighted by Crippen LogP contribution is 2.29. The smallest absolute Gasteiger partial charge is 0.213 e. The van der Waals surface area contributed by atoms with Gasteiger partial charge in [-0.1, -0.05) is 11.6 Å². The number of hydrogen-bond acceptors (Lipinski definition) is 6. The zero-order chi connectivity index (χ0) is 17.7. The Hall–Kier alpha value is -2.30. The summed E-state index contributed by atoms with van der Waals surface area (Å²) in [5.41, 5.74) is -0.0939. The minimum absolute atomic E-state index is 0.275. The Morgan fingerprint density at radius 3 is 2.96 bits per heavy atom. The van der Waals surface area contributed by atoms with Crippen LogP contribution in [-0.4, -0.2) is 36.8 Å². The predicted octanol–water partition coefficient (Wildman–Crippen LogP) is 2.85. The molecular weight excluding hydrogens is 345 g/mol. The van der Waals surface area contributed by atoms with E-state index in [1.54, 1.807) is 6.21 Å². The van der Waals surface area contributed by atoms with Crippen LogP contribution in [0, 0.1) is 22.7 Å². The Balaban J connectivity index is 1.79. The molecule has 3 rings (SSSR count). The SMILES string of the molecule is N#CC1(CNC2=CCC=NC(c3cc(F)ncc3Cl)=N2)CCOCC1. The molecule has 0 unspecified atom stereocenters. The van der Waals surface area contributed by atoms with Crippen LogP contribution >= 0.6 is 11.6 Å². The minimum Gasteiger partial charge on any atom is -0.381 e. The maximum atomic E-state index is 13.4. The van der Waals surface area contributed by atoms with E-state index in [9.17, 15) is 9.65 Å². The molecule has 2 aliphatic heterocycles. The second-order valence-corrected chi connectivity index (χ2v) is 6.32. The molecule has 0 spiro atoms. The number of aromatic nitrogens is 1. The van der Waals surface area contributed by atoms with Gasteiger partial charge in [-0.2, -0.15) is 9.65 Å². The van der Waals surface area contributed by atoms with Crippen molar-refractivity contribution in [1.29, 1.82) is 5.26 Å². The molecule has 1 saturated heterocycles. The van der Waals surface area contributed by atoms with Crippen molar-refractivity contribution < 1.29 is 9.13 Å². The molecule has 1 aromatic rings. The highest BCUT2D eigenvalue weighted by Gasteiger charge is 2.32. The van der Waals surface area contributed by atoms with Crippen LogP contribution < -0.4 is 5.32 Å². The fourth-order valence-electron chi connectivity index (χ4n) is 2.67. The van der Waals surface area contributed by atoms with Crippen molar-refractivity contribution in [3.05, 3.63) is 40.7 Å². The van der Waals surface area contributed by atoms with Crippen LogP contribution in [0.4, 0.5) is 4.39 Å². The number of rotatable bonds is 4. The van der Waals surface area contributed by atoms with Gasteiger partial charge in [0.1, 0.15) is 5.82 Å². The van der Waals surface area contributed by atoms with Gasteiger partial charge in [0.15, 0.2) is 5.84 Å². The van der Waals surface area contributed by atoms with E-state index >= 15 is 0 Å². The average Bonchev–Trinajstić information content (AvgIpc) is 2.88. The first-order valence-electron chi connectivity index (χ1n) is 7.98. The Kier molecular flexibility index (Phi) is 5.41. The fourth-order valence-corrected chi connectivity index (χ4v) is 2.86. The molecule has 0 bridgehead atoms. The van der Waals surface area contributed by atoms with Gasteiger partial charge in [0, 0.05) is 50.2 Å². The van der Waals surface area contributed by atoms with Gasteiger partial charge in [-0.25, -0.2) is 15.0 Å². The van der Waals surface area contributed by atoms with Crippen molar-refractivity contribution in [3.63, 3.8) is 0 Å². The molecule has 6 nitrogen and oxygen atoms in total. The van der Waals surface area contributed by atoms with Crippen LogP contribution in [0.5, 0.6) is 0 Å². The Morgan fingerprint density at radius 2 is 2.20 bits per heavy atom. The monoisotopic (exact) mass is 361 g/mol. The second-order valence-electron chi connectivity index (χ2n) is 5.92. The Labute approximate surface area is 150 Å². The number of halogens is 2. The van der Waals surface area contributed by atoms with Gasteiger partial charge < -0.3 is 10.1 Å². The number of pyridine rings is 1. The van der Waals surface area contributed by atoms with Crippen molar-refractivity contribution in [2.45, 2.75) is 19.3 Å². The molecule has 0 saturated carbocycles. The lowest BCUT2D eigenvalue weighted by Gasteiger charge is -2.31. The summed E-state index contributed by atoms with van der Waals surface area (Å²) in [4.78, 5) is 12.2. The van der Waals surface area contributed by atoms with Gasteiger partial charge in [0.2, 0.25) is 5.95 Å². The van der Waals surface area contributed by atoms with E-state index in [-0.39, 0.29) is 5.02 Å². The number of nitriles is 1. The molecule has 25 heavy (non-hydrogen) atoms. The number of nitrogens with zero attached hydrogens (tertiary/aromatic N) is 4. The first-order valence-corrected chi connectivity index (χ1v) is 8.35. The second kappa shape index (κ2) is 7.72. The molecule has 1 N–H and O–H groups in total. The normalized spacial score (nSPS) is 19.4. The van der Waals surface area contributed by atoms with E-state index in [0.29, 0.717) is 56.2 Å². The van der Waals surface area contributed by atoms with Crippen LogP contribution in [0.25, 0.3) is 0 Å². The third kappa shape index (κ3) is 4.21. The summed E-state index contributed by atoms with van der Waals surface area (Å²) in [7, 11) is 0. The number of ether oxygens (including phenoxy) is 1. The van der Waals surface area contributed by atoms with Crippen molar-refractivity contribution in [1.82, 2.24) is 10.3 Å². The first kappa shape index (κ1) is 17.5. The van der Waals surface area contributed by atoms with Gasteiger partial charge in [-0.15, -0.1) is 0 Å². The molecule has 1 aromatic heterocycles. The van der Waals surface area contributed by atoms with Gasteiger partial charge in [0.25, 0.3) is 0 Å². The van der Waals surface area contributed by atoms with Crippen LogP contribution in [0.3, 0.4) is 0 Å². The van der Waals surface area contributed by atoms with Gasteiger partial charge >= 0.3 is 0 Å². The number of allylic oxidation sites excluding steroid dienone is 1. The molecule has 1 fully saturated rings. The van der Waals surface area contributed by atoms with E-state index < -0.39 is 11.4 Å². The molecule has 0 atom stereocenters.